The summed E-state index contributed by atoms with van der Waals surface area (Å²) in [7, 11) is -3.44. The van der Waals surface area contributed by atoms with Gasteiger partial charge in [-0.05, 0) is 17.8 Å². The SMILES string of the molecule is CC(C)CCCC(C)CCCC(C)CC(=O)NP(N)(N)=O. The summed E-state index contributed by atoms with van der Waals surface area (Å²) in [6.07, 6.45) is 7.56. The topological polar surface area (TPSA) is 98.2 Å². The van der Waals surface area contributed by atoms with Crippen LogP contribution in [0.25, 0.3) is 0 Å². The van der Waals surface area contributed by atoms with Crippen LogP contribution in [0, 0.1) is 17.8 Å². The van der Waals surface area contributed by atoms with Crippen molar-refractivity contribution in [1.82, 2.24) is 5.09 Å². The van der Waals surface area contributed by atoms with Crippen LogP contribution in [0.3, 0.4) is 0 Å². The van der Waals surface area contributed by atoms with Gasteiger partial charge in [0.25, 0.3) is 7.59 Å². The van der Waals surface area contributed by atoms with Crippen molar-refractivity contribution < 1.29 is 9.36 Å². The molecule has 21 heavy (non-hydrogen) atoms. The molecule has 0 aromatic rings. The minimum atomic E-state index is -3.44. The third kappa shape index (κ3) is 14.3. The predicted molar refractivity (Wildman–Crippen MR) is 89.6 cm³/mol. The summed E-state index contributed by atoms with van der Waals surface area (Å²) in [6.45, 7) is 8.86. The van der Waals surface area contributed by atoms with Crippen molar-refractivity contribution in [1.29, 1.82) is 0 Å². The summed E-state index contributed by atoms with van der Waals surface area (Å²) in [5.41, 5.74) is 10.2. The molecule has 126 valence electrons. The molecule has 0 aromatic carbocycles. The fourth-order valence-corrected chi connectivity index (χ4v) is 2.97. The lowest BCUT2D eigenvalue weighted by molar-refractivity contribution is -0.120. The van der Waals surface area contributed by atoms with Gasteiger partial charge in [-0.15, -0.1) is 0 Å². The highest BCUT2D eigenvalue weighted by Crippen LogP contribution is 2.22. The Morgan fingerprint density at radius 3 is 1.90 bits per heavy atom. The molecule has 0 saturated carbocycles. The summed E-state index contributed by atoms with van der Waals surface area (Å²) in [5.74, 6) is 1.48. The Kier molecular flexibility index (Phi) is 10.2. The van der Waals surface area contributed by atoms with E-state index in [-0.39, 0.29) is 11.8 Å². The number of nitrogens with two attached hydrogens (primary N) is 2. The minimum Gasteiger partial charge on any atom is -0.283 e. The maximum atomic E-state index is 11.5. The van der Waals surface area contributed by atoms with Gasteiger partial charge in [0, 0.05) is 6.42 Å². The zero-order chi connectivity index (χ0) is 16.5. The van der Waals surface area contributed by atoms with E-state index >= 15 is 0 Å². The number of rotatable bonds is 11. The largest absolute Gasteiger partial charge is 0.300 e. The van der Waals surface area contributed by atoms with Crippen molar-refractivity contribution in [3.05, 3.63) is 0 Å². The van der Waals surface area contributed by atoms with Crippen LogP contribution in [-0.2, 0) is 9.36 Å². The number of nitrogens with one attached hydrogen (secondary N) is 1. The number of hydrogen-bond donors (Lipinski definition) is 3. The Hall–Kier alpha value is -0.380. The van der Waals surface area contributed by atoms with Gasteiger partial charge in [-0.2, -0.15) is 0 Å². The van der Waals surface area contributed by atoms with Crippen molar-refractivity contribution in [3.8, 4) is 0 Å². The van der Waals surface area contributed by atoms with Crippen molar-refractivity contribution in [2.24, 2.45) is 28.8 Å². The minimum absolute atomic E-state index is 0.263. The summed E-state index contributed by atoms with van der Waals surface area (Å²) >= 11 is 0. The van der Waals surface area contributed by atoms with Crippen LogP contribution in [0.15, 0.2) is 0 Å². The van der Waals surface area contributed by atoms with Gasteiger partial charge in [-0.25, -0.2) is 0 Å². The van der Waals surface area contributed by atoms with Crippen LogP contribution >= 0.6 is 7.59 Å². The summed E-state index contributed by atoms with van der Waals surface area (Å²) in [5, 5.41) is 2.16. The van der Waals surface area contributed by atoms with E-state index in [9.17, 15) is 9.36 Å². The highest BCUT2D eigenvalue weighted by atomic mass is 31.2. The molecule has 0 aromatic heterocycles. The van der Waals surface area contributed by atoms with E-state index in [1.165, 1.54) is 25.7 Å². The molecule has 0 radical (unpaired) electrons. The molecule has 0 fully saturated rings. The molecule has 2 unspecified atom stereocenters. The van der Waals surface area contributed by atoms with E-state index in [4.69, 9.17) is 11.0 Å². The molecule has 0 saturated heterocycles. The first-order valence-electron chi connectivity index (χ1n) is 8.08. The van der Waals surface area contributed by atoms with E-state index in [1.807, 2.05) is 6.92 Å². The van der Waals surface area contributed by atoms with Crippen molar-refractivity contribution in [2.45, 2.75) is 72.6 Å². The van der Waals surface area contributed by atoms with E-state index in [2.05, 4.69) is 25.9 Å². The predicted octanol–water partition coefficient (Wildman–Crippen LogP) is 3.79. The Bertz CT molecular complexity index is 342. The normalized spacial score (nSPS) is 15.0. The molecule has 0 heterocycles. The fraction of sp³-hybridized carbons (Fsp3) is 0.933. The van der Waals surface area contributed by atoms with Gasteiger partial charge in [0.05, 0.1) is 0 Å². The van der Waals surface area contributed by atoms with E-state index in [1.54, 1.807) is 0 Å². The molecule has 1 amide bonds. The molecular weight excluding hydrogens is 285 g/mol. The Labute approximate surface area is 130 Å². The zero-order valence-electron chi connectivity index (χ0n) is 14.1. The first-order valence-corrected chi connectivity index (χ1v) is 9.93. The van der Waals surface area contributed by atoms with Crippen LogP contribution in [-0.4, -0.2) is 5.91 Å². The number of amides is 1. The second-order valence-corrected chi connectivity index (χ2v) is 8.56. The average molecular weight is 319 g/mol. The van der Waals surface area contributed by atoms with Crippen LogP contribution in [0.2, 0.25) is 0 Å². The molecule has 0 aliphatic carbocycles. The van der Waals surface area contributed by atoms with Crippen LogP contribution in [0.1, 0.15) is 72.6 Å². The second-order valence-electron chi connectivity index (χ2n) is 6.91. The highest BCUT2D eigenvalue weighted by molar-refractivity contribution is 7.57. The lowest BCUT2D eigenvalue weighted by Gasteiger charge is -2.15. The average Bonchev–Trinajstić information content (AvgIpc) is 2.25. The molecular formula is C15H34N3O2P. The van der Waals surface area contributed by atoms with Gasteiger partial charge in [-0.3, -0.25) is 25.5 Å². The van der Waals surface area contributed by atoms with Gasteiger partial charge in [0.1, 0.15) is 0 Å². The smallest absolute Gasteiger partial charge is 0.283 e. The van der Waals surface area contributed by atoms with Gasteiger partial charge in [0.2, 0.25) is 5.91 Å². The van der Waals surface area contributed by atoms with Crippen LogP contribution in [0.4, 0.5) is 0 Å². The van der Waals surface area contributed by atoms with Gasteiger partial charge >= 0.3 is 0 Å². The van der Waals surface area contributed by atoms with E-state index in [0.717, 1.165) is 24.7 Å². The van der Waals surface area contributed by atoms with Crippen molar-refractivity contribution >= 4 is 13.5 Å². The maximum Gasteiger partial charge on any atom is 0.300 e. The number of carbonyl (C=O) groups excluding carboxylic acids is 1. The van der Waals surface area contributed by atoms with Crippen LogP contribution < -0.4 is 16.1 Å². The Balaban J connectivity index is 3.71. The first-order chi connectivity index (χ1) is 9.60. The first kappa shape index (κ1) is 20.6. The summed E-state index contributed by atoms with van der Waals surface area (Å²) < 4.78 is 11.1. The Morgan fingerprint density at radius 2 is 1.43 bits per heavy atom. The standard InChI is InChI=1S/C15H34N3O2P/c1-12(2)7-5-8-13(3)9-6-10-14(4)11-15(19)18-21(16,17)20/h12-14H,5-11H2,1-4H3,(H5,16,17,18,19,20). The van der Waals surface area contributed by atoms with E-state index < -0.39 is 7.59 Å². The highest BCUT2D eigenvalue weighted by Gasteiger charge is 2.15. The molecule has 0 rings (SSSR count). The molecule has 6 heteroatoms. The fourth-order valence-electron chi connectivity index (χ4n) is 2.49. The maximum absolute atomic E-state index is 11.5. The molecule has 0 spiro atoms. The number of carbonyl (C=O) groups is 1. The molecule has 5 N–H and O–H groups in total. The number of hydrogen-bond acceptors (Lipinski definition) is 2. The third-order valence-electron chi connectivity index (χ3n) is 3.71. The molecule has 0 aliphatic rings. The van der Waals surface area contributed by atoms with Crippen molar-refractivity contribution in [2.75, 3.05) is 0 Å². The lowest BCUT2D eigenvalue weighted by Crippen LogP contribution is -2.29. The summed E-state index contributed by atoms with van der Waals surface area (Å²) in [6, 6.07) is 0. The lowest BCUT2D eigenvalue weighted by atomic mass is 9.92. The third-order valence-corrected chi connectivity index (χ3v) is 4.30. The van der Waals surface area contributed by atoms with Gasteiger partial charge in [0.15, 0.2) is 0 Å². The quantitative estimate of drug-likeness (QED) is 0.505. The van der Waals surface area contributed by atoms with E-state index in [0.29, 0.717) is 6.42 Å². The molecule has 2 atom stereocenters. The van der Waals surface area contributed by atoms with Gasteiger partial charge in [-0.1, -0.05) is 66.2 Å². The van der Waals surface area contributed by atoms with Crippen LogP contribution in [0.5, 0.6) is 0 Å². The zero-order valence-corrected chi connectivity index (χ0v) is 15.0. The van der Waals surface area contributed by atoms with Gasteiger partial charge < -0.3 is 0 Å². The second kappa shape index (κ2) is 10.4. The Morgan fingerprint density at radius 1 is 0.952 bits per heavy atom. The summed E-state index contributed by atoms with van der Waals surface area (Å²) in [4.78, 5) is 11.5. The molecule has 0 bridgehead atoms. The monoisotopic (exact) mass is 319 g/mol. The molecule has 5 nitrogen and oxygen atoms in total. The van der Waals surface area contributed by atoms with Crippen molar-refractivity contribution in [3.63, 3.8) is 0 Å². The molecule has 0 aliphatic heterocycles.